The lowest BCUT2D eigenvalue weighted by molar-refractivity contribution is -0.137. The first-order valence-electron chi connectivity index (χ1n) is 5.50. The summed E-state index contributed by atoms with van der Waals surface area (Å²) in [6.07, 6.45) is 0. The molecule has 6 nitrogen and oxygen atoms in total. The first-order chi connectivity index (χ1) is 9.06. The lowest BCUT2D eigenvalue weighted by atomic mass is 10.2. The summed E-state index contributed by atoms with van der Waals surface area (Å²) in [6, 6.07) is 8.58. The number of rotatable bonds is 5. The number of carbonyl (C=O) groups is 2. The Morgan fingerprint density at radius 3 is 2.47 bits per heavy atom. The maximum absolute atomic E-state index is 11.7. The van der Waals surface area contributed by atoms with Gasteiger partial charge in [0.2, 0.25) is 0 Å². The van der Waals surface area contributed by atoms with Crippen LogP contribution in [0.3, 0.4) is 0 Å². The van der Waals surface area contributed by atoms with Crippen LogP contribution in [-0.4, -0.2) is 18.5 Å². The fraction of sp³-hybridized carbons (Fsp3) is 0.167. The van der Waals surface area contributed by atoms with Crippen LogP contribution in [-0.2, 0) is 9.53 Å². The molecular weight excluding hydrogens is 314 g/mol. The van der Waals surface area contributed by atoms with Crippen molar-refractivity contribution in [3.05, 3.63) is 46.2 Å². The number of nitrogens with one attached hydrogen (secondary N) is 2. The highest BCUT2D eigenvalue weighted by molar-refractivity contribution is 9.12. The molecule has 0 spiro atoms. The summed E-state index contributed by atoms with van der Waals surface area (Å²) < 4.78 is 4.76. The molecule has 7 heteroatoms. The minimum Gasteiger partial charge on any atom is -0.462 e. The molecule has 0 bridgehead atoms. The van der Waals surface area contributed by atoms with E-state index >= 15 is 0 Å². The molecule has 0 unspecified atom stereocenters. The summed E-state index contributed by atoms with van der Waals surface area (Å²) >= 11 is 2.98. The molecule has 0 aliphatic rings. The number of ether oxygens (including phenoxy) is 1. The number of carbonyl (C=O) groups excluding carboxylic acids is 2. The normalized spacial score (nSPS) is 11.3. The van der Waals surface area contributed by atoms with Crippen molar-refractivity contribution in [1.29, 1.82) is 0 Å². The topological polar surface area (TPSA) is 93.4 Å². The van der Waals surface area contributed by atoms with Crippen molar-refractivity contribution in [3.8, 4) is 0 Å². The third-order valence-electron chi connectivity index (χ3n) is 2.04. The number of esters is 1. The first kappa shape index (κ1) is 15.0. The molecule has 0 aliphatic heterocycles. The number of hydrogen-bond donors (Lipinski definition) is 3. The Balaban J connectivity index is 2.59. The van der Waals surface area contributed by atoms with Crippen molar-refractivity contribution >= 4 is 27.8 Å². The Kier molecular flexibility index (Phi) is 5.87. The average Bonchev–Trinajstić information content (AvgIpc) is 2.44. The first-order valence-corrected chi connectivity index (χ1v) is 6.29. The molecule has 0 heterocycles. The lowest BCUT2D eigenvalue weighted by Gasteiger charge is -2.10. The summed E-state index contributed by atoms with van der Waals surface area (Å²) in [5.41, 5.74) is 10.8. The van der Waals surface area contributed by atoms with E-state index in [0.717, 1.165) is 0 Å². The van der Waals surface area contributed by atoms with Crippen molar-refractivity contribution in [2.24, 2.45) is 5.73 Å². The van der Waals surface area contributed by atoms with Gasteiger partial charge < -0.3 is 10.5 Å². The molecule has 1 aromatic carbocycles. The van der Waals surface area contributed by atoms with Gasteiger partial charge in [0.25, 0.3) is 5.91 Å². The van der Waals surface area contributed by atoms with Crippen molar-refractivity contribution in [2.75, 3.05) is 6.61 Å². The van der Waals surface area contributed by atoms with E-state index in [-0.39, 0.29) is 22.8 Å². The van der Waals surface area contributed by atoms with E-state index in [1.807, 2.05) is 0 Å². The van der Waals surface area contributed by atoms with Gasteiger partial charge in [0.05, 0.1) is 6.61 Å². The predicted octanol–water partition coefficient (Wildman–Crippen LogP) is 1.01. The molecule has 0 saturated heterocycles. The number of halogens is 1. The van der Waals surface area contributed by atoms with Crippen LogP contribution < -0.4 is 16.6 Å². The van der Waals surface area contributed by atoms with Gasteiger partial charge in [-0.2, -0.15) is 0 Å². The van der Waals surface area contributed by atoms with Gasteiger partial charge in [-0.1, -0.05) is 18.2 Å². The van der Waals surface area contributed by atoms with Crippen molar-refractivity contribution in [2.45, 2.75) is 6.92 Å². The highest BCUT2D eigenvalue weighted by atomic mass is 79.9. The highest BCUT2D eigenvalue weighted by Crippen LogP contribution is 2.08. The Bertz CT molecular complexity index is 488. The highest BCUT2D eigenvalue weighted by Gasteiger charge is 2.12. The summed E-state index contributed by atoms with van der Waals surface area (Å²) in [7, 11) is 0. The van der Waals surface area contributed by atoms with Gasteiger partial charge in [-0.25, -0.2) is 4.79 Å². The van der Waals surface area contributed by atoms with Crippen LogP contribution in [0.25, 0.3) is 0 Å². The molecule has 0 aromatic heterocycles. The zero-order valence-electron chi connectivity index (χ0n) is 10.3. The van der Waals surface area contributed by atoms with E-state index < -0.39 is 5.97 Å². The second-order valence-corrected chi connectivity index (χ2v) is 4.19. The van der Waals surface area contributed by atoms with Crippen LogP contribution >= 0.6 is 15.9 Å². The van der Waals surface area contributed by atoms with Crippen LogP contribution in [0.4, 0.5) is 0 Å². The molecule has 0 saturated carbocycles. The number of hydrazine groups is 1. The lowest BCUT2D eigenvalue weighted by Crippen LogP contribution is -2.40. The molecule has 102 valence electrons. The standard InChI is InChI=1S/C12H14BrN3O3/c1-2-19-12(18)9(13)10(14)15-16-11(17)8-6-4-3-5-7-8/h3-7,15H,2,14H2,1H3,(H,16,17)/b10-9-. The molecule has 0 atom stereocenters. The van der Waals surface area contributed by atoms with E-state index in [0.29, 0.717) is 5.56 Å². The van der Waals surface area contributed by atoms with Gasteiger partial charge in [-0.05, 0) is 35.0 Å². The third kappa shape index (κ3) is 4.63. The van der Waals surface area contributed by atoms with E-state index in [4.69, 9.17) is 10.5 Å². The Labute approximate surface area is 119 Å². The minimum atomic E-state index is -0.610. The molecule has 4 N–H and O–H groups in total. The average molecular weight is 328 g/mol. The van der Waals surface area contributed by atoms with Crippen LogP contribution in [0.5, 0.6) is 0 Å². The summed E-state index contributed by atoms with van der Waals surface area (Å²) in [4.78, 5) is 23.0. The van der Waals surface area contributed by atoms with E-state index in [1.165, 1.54) is 0 Å². The fourth-order valence-electron chi connectivity index (χ4n) is 1.15. The van der Waals surface area contributed by atoms with E-state index in [9.17, 15) is 9.59 Å². The smallest absolute Gasteiger partial charge is 0.349 e. The Morgan fingerprint density at radius 1 is 1.26 bits per heavy atom. The van der Waals surface area contributed by atoms with Crippen molar-refractivity contribution in [3.63, 3.8) is 0 Å². The van der Waals surface area contributed by atoms with Crippen molar-refractivity contribution in [1.82, 2.24) is 10.9 Å². The quantitative estimate of drug-likeness (QED) is 0.426. The summed E-state index contributed by atoms with van der Waals surface area (Å²) in [5.74, 6) is -1.02. The second kappa shape index (κ2) is 7.42. The van der Waals surface area contributed by atoms with Gasteiger partial charge in [-0.3, -0.25) is 15.6 Å². The van der Waals surface area contributed by atoms with Gasteiger partial charge in [0.15, 0.2) is 0 Å². The van der Waals surface area contributed by atoms with Gasteiger partial charge >= 0.3 is 5.97 Å². The molecule has 1 aromatic rings. The maximum atomic E-state index is 11.7. The largest absolute Gasteiger partial charge is 0.462 e. The van der Waals surface area contributed by atoms with E-state index in [2.05, 4.69) is 26.8 Å². The van der Waals surface area contributed by atoms with Crippen LogP contribution in [0.1, 0.15) is 17.3 Å². The number of amides is 1. The van der Waals surface area contributed by atoms with Gasteiger partial charge in [-0.15, -0.1) is 0 Å². The predicted molar refractivity (Wildman–Crippen MR) is 73.8 cm³/mol. The number of nitrogens with two attached hydrogens (primary N) is 1. The summed E-state index contributed by atoms with van der Waals surface area (Å²) in [5, 5.41) is 0. The zero-order chi connectivity index (χ0) is 14.3. The van der Waals surface area contributed by atoms with E-state index in [1.54, 1.807) is 37.3 Å². The molecular formula is C12H14BrN3O3. The third-order valence-corrected chi connectivity index (χ3v) is 2.79. The van der Waals surface area contributed by atoms with Crippen LogP contribution in [0.15, 0.2) is 40.6 Å². The molecule has 0 radical (unpaired) electrons. The van der Waals surface area contributed by atoms with Gasteiger partial charge in [0, 0.05) is 5.56 Å². The molecule has 19 heavy (non-hydrogen) atoms. The minimum absolute atomic E-state index is 0.0164. The molecule has 1 amide bonds. The van der Waals surface area contributed by atoms with Gasteiger partial charge in [0.1, 0.15) is 10.3 Å². The molecule has 0 aliphatic carbocycles. The number of benzene rings is 1. The second-order valence-electron chi connectivity index (χ2n) is 3.39. The maximum Gasteiger partial charge on any atom is 0.349 e. The number of hydrogen-bond acceptors (Lipinski definition) is 5. The van der Waals surface area contributed by atoms with Crippen molar-refractivity contribution < 1.29 is 14.3 Å². The Morgan fingerprint density at radius 2 is 1.89 bits per heavy atom. The summed E-state index contributed by atoms with van der Waals surface area (Å²) in [6.45, 7) is 1.91. The zero-order valence-corrected chi connectivity index (χ0v) is 11.9. The molecule has 0 fully saturated rings. The Hall–Kier alpha value is -2.02. The monoisotopic (exact) mass is 327 g/mol. The fourth-order valence-corrected chi connectivity index (χ4v) is 1.36. The van der Waals surface area contributed by atoms with Crippen LogP contribution in [0.2, 0.25) is 0 Å². The van der Waals surface area contributed by atoms with Crippen LogP contribution in [0, 0.1) is 0 Å². The SMILES string of the molecule is CCOC(=O)/C(Br)=C(\N)NNC(=O)c1ccccc1. The molecule has 1 rings (SSSR count).